The Morgan fingerprint density at radius 3 is 2.58 bits per heavy atom. The number of nitrogens with zero attached hydrogens (tertiary/aromatic N) is 1. The molecular weight excluding hydrogens is 273 g/mol. The Hall–Kier alpha value is -2.52. The first kappa shape index (κ1) is 14.5. The van der Waals surface area contributed by atoms with Crippen LogP contribution in [0.25, 0.3) is 0 Å². The molecule has 0 saturated heterocycles. The van der Waals surface area contributed by atoms with Crippen LogP contribution in [0, 0.1) is 10.1 Å². The van der Waals surface area contributed by atoms with Gasteiger partial charge in [-0.15, -0.1) is 13.2 Å². The summed E-state index contributed by atoms with van der Waals surface area (Å²) in [6.45, 7) is -0.611. The highest BCUT2D eigenvalue weighted by Gasteiger charge is 2.32. The number of nitro groups is 1. The first-order valence-corrected chi connectivity index (χ1v) is 4.69. The lowest BCUT2D eigenvalue weighted by atomic mass is 10.2. The number of benzene rings is 1. The van der Waals surface area contributed by atoms with Gasteiger partial charge in [0.15, 0.2) is 0 Å². The van der Waals surface area contributed by atoms with E-state index in [-0.39, 0.29) is 5.69 Å². The van der Waals surface area contributed by atoms with E-state index in [1.54, 1.807) is 0 Å². The summed E-state index contributed by atoms with van der Waals surface area (Å²) in [5, 5.41) is 21.3. The van der Waals surface area contributed by atoms with Crippen LogP contribution >= 0.6 is 0 Å². The van der Waals surface area contributed by atoms with Gasteiger partial charge in [0.1, 0.15) is 18.0 Å². The minimum absolute atomic E-state index is 0.220. The number of nitrogens with one attached hydrogen (secondary N) is 1. The maximum atomic E-state index is 11.9. The van der Waals surface area contributed by atoms with Gasteiger partial charge in [-0.05, 0) is 12.1 Å². The number of rotatable bonds is 5. The second-order valence-corrected chi connectivity index (χ2v) is 3.23. The number of carbonyl (C=O) groups is 1. The van der Waals surface area contributed by atoms with Crippen molar-refractivity contribution >= 4 is 17.3 Å². The van der Waals surface area contributed by atoms with Crippen molar-refractivity contribution in [1.29, 1.82) is 0 Å². The number of ether oxygens (including phenoxy) is 1. The zero-order valence-corrected chi connectivity index (χ0v) is 9.10. The third-order valence-electron chi connectivity index (χ3n) is 1.83. The smallest absolute Gasteiger partial charge is 0.480 e. The van der Waals surface area contributed by atoms with E-state index >= 15 is 0 Å². The molecule has 0 radical (unpaired) electrons. The first-order valence-electron chi connectivity index (χ1n) is 4.69. The average Bonchev–Trinajstić information content (AvgIpc) is 2.24. The summed E-state index contributed by atoms with van der Waals surface area (Å²) in [5.74, 6) is -2.04. The number of hydrogen-bond acceptors (Lipinski definition) is 5. The second-order valence-electron chi connectivity index (χ2n) is 3.23. The fraction of sp³-hybridized carbons (Fsp3) is 0.222. The monoisotopic (exact) mass is 280 g/mol. The summed E-state index contributed by atoms with van der Waals surface area (Å²) >= 11 is 0. The fourth-order valence-corrected chi connectivity index (χ4v) is 1.18. The van der Waals surface area contributed by atoms with Crippen molar-refractivity contribution in [3.05, 3.63) is 28.3 Å². The molecule has 0 aliphatic rings. The van der Waals surface area contributed by atoms with Gasteiger partial charge < -0.3 is 15.2 Å². The van der Waals surface area contributed by atoms with Gasteiger partial charge in [-0.25, -0.2) is 0 Å². The molecular formula is C9H7F3N2O5. The highest BCUT2D eigenvalue weighted by molar-refractivity contribution is 5.75. The molecule has 0 aromatic heterocycles. The van der Waals surface area contributed by atoms with Crippen LogP contribution in [-0.2, 0) is 4.79 Å². The molecule has 1 rings (SSSR count). The molecule has 0 bridgehead atoms. The highest BCUT2D eigenvalue weighted by Crippen LogP contribution is 2.31. The van der Waals surface area contributed by atoms with Gasteiger partial charge in [0.25, 0.3) is 5.69 Å². The predicted molar refractivity (Wildman–Crippen MR) is 55.9 cm³/mol. The van der Waals surface area contributed by atoms with Gasteiger partial charge in [-0.1, -0.05) is 0 Å². The normalized spacial score (nSPS) is 10.9. The van der Waals surface area contributed by atoms with Crippen LogP contribution < -0.4 is 10.1 Å². The van der Waals surface area contributed by atoms with Crippen LogP contribution in [0.3, 0.4) is 0 Å². The van der Waals surface area contributed by atoms with Crippen LogP contribution in [0.5, 0.6) is 5.75 Å². The number of anilines is 1. The van der Waals surface area contributed by atoms with E-state index in [9.17, 15) is 28.1 Å². The molecule has 1 aromatic carbocycles. The molecule has 0 saturated carbocycles. The van der Waals surface area contributed by atoms with Gasteiger partial charge in [0.05, 0.1) is 11.0 Å². The van der Waals surface area contributed by atoms with Crippen molar-refractivity contribution in [2.45, 2.75) is 6.36 Å². The van der Waals surface area contributed by atoms with E-state index in [1.165, 1.54) is 0 Å². The SMILES string of the molecule is O=C(O)CNc1ccc(OC(F)(F)F)cc1[N+](=O)[O-]. The molecule has 0 amide bonds. The van der Waals surface area contributed by atoms with Crippen molar-refractivity contribution in [2.75, 3.05) is 11.9 Å². The minimum atomic E-state index is -4.97. The molecule has 10 heteroatoms. The van der Waals surface area contributed by atoms with Crippen LogP contribution in [0.1, 0.15) is 0 Å². The van der Waals surface area contributed by atoms with E-state index in [1.807, 2.05) is 0 Å². The molecule has 104 valence electrons. The van der Waals surface area contributed by atoms with Gasteiger partial charge in [0.2, 0.25) is 0 Å². The minimum Gasteiger partial charge on any atom is -0.480 e. The molecule has 2 N–H and O–H groups in total. The van der Waals surface area contributed by atoms with Crippen LogP contribution in [-0.4, -0.2) is 28.9 Å². The van der Waals surface area contributed by atoms with E-state index in [2.05, 4.69) is 10.1 Å². The summed E-state index contributed by atoms with van der Waals surface area (Å²) in [7, 11) is 0. The summed E-state index contributed by atoms with van der Waals surface area (Å²) in [5.41, 5.74) is -0.940. The largest absolute Gasteiger partial charge is 0.573 e. The fourth-order valence-electron chi connectivity index (χ4n) is 1.18. The summed E-state index contributed by atoms with van der Waals surface area (Å²) < 4.78 is 39.4. The maximum Gasteiger partial charge on any atom is 0.573 e. The quantitative estimate of drug-likeness (QED) is 0.631. The van der Waals surface area contributed by atoms with Gasteiger partial charge in [0, 0.05) is 0 Å². The molecule has 0 atom stereocenters. The molecule has 1 aromatic rings. The molecule has 0 heterocycles. The Morgan fingerprint density at radius 2 is 2.11 bits per heavy atom. The predicted octanol–water partition coefficient (Wildman–Crippen LogP) is 1.99. The number of alkyl halides is 3. The summed E-state index contributed by atoms with van der Waals surface area (Å²) in [6, 6.07) is 2.32. The summed E-state index contributed by atoms with van der Waals surface area (Å²) in [6.07, 6.45) is -4.97. The van der Waals surface area contributed by atoms with Crippen molar-refractivity contribution < 1.29 is 32.7 Å². The van der Waals surface area contributed by atoms with Gasteiger partial charge in [-0.2, -0.15) is 0 Å². The lowest BCUT2D eigenvalue weighted by Gasteiger charge is -2.10. The number of aliphatic carboxylic acids is 1. The van der Waals surface area contributed by atoms with E-state index in [0.29, 0.717) is 6.07 Å². The third-order valence-corrected chi connectivity index (χ3v) is 1.83. The summed E-state index contributed by atoms with van der Waals surface area (Å²) in [4.78, 5) is 20.0. The highest BCUT2D eigenvalue weighted by atomic mass is 19.4. The Kier molecular flexibility index (Phi) is 4.14. The van der Waals surface area contributed by atoms with E-state index in [0.717, 1.165) is 12.1 Å². The first-order chi connectivity index (χ1) is 8.69. The van der Waals surface area contributed by atoms with Crippen molar-refractivity contribution in [1.82, 2.24) is 0 Å². The molecule has 0 unspecified atom stereocenters. The number of hydrogen-bond donors (Lipinski definition) is 2. The Bertz CT molecular complexity index is 503. The second kappa shape index (κ2) is 5.42. The zero-order chi connectivity index (χ0) is 14.6. The zero-order valence-electron chi connectivity index (χ0n) is 9.10. The number of carboxylic acid groups (broad SMARTS) is 1. The molecule has 0 spiro atoms. The maximum absolute atomic E-state index is 11.9. The topological polar surface area (TPSA) is 102 Å². The average molecular weight is 280 g/mol. The Morgan fingerprint density at radius 1 is 1.47 bits per heavy atom. The molecule has 0 aliphatic carbocycles. The lowest BCUT2D eigenvalue weighted by molar-refractivity contribution is -0.384. The van der Waals surface area contributed by atoms with Gasteiger partial charge >= 0.3 is 12.3 Å². The van der Waals surface area contributed by atoms with Crippen LogP contribution in [0.4, 0.5) is 24.5 Å². The van der Waals surface area contributed by atoms with Crippen molar-refractivity contribution in [3.8, 4) is 5.75 Å². The van der Waals surface area contributed by atoms with Gasteiger partial charge in [-0.3, -0.25) is 14.9 Å². The molecule has 0 aliphatic heterocycles. The standard InChI is InChI=1S/C9H7F3N2O5/c10-9(11,12)19-5-1-2-6(13-4-8(15)16)7(3-5)14(17)18/h1-3,13H,4H2,(H,15,16). The van der Waals surface area contributed by atoms with Crippen LogP contribution in [0.15, 0.2) is 18.2 Å². The van der Waals surface area contributed by atoms with Crippen molar-refractivity contribution in [3.63, 3.8) is 0 Å². The Balaban J connectivity index is 3.01. The molecule has 0 fully saturated rings. The molecule has 7 nitrogen and oxygen atoms in total. The molecule has 19 heavy (non-hydrogen) atoms. The van der Waals surface area contributed by atoms with E-state index in [4.69, 9.17) is 5.11 Å². The number of carboxylic acids is 1. The number of halogens is 3. The lowest BCUT2D eigenvalue weighted by Crippen LogP contribution is -2.17. The third kappa shape index (κ3) is 4.69. The Labute approximate surface area is 103 Å². The van der Waals surface area contributed by atoms with Crippen molar-refractivity contribution in [2.24, 2.45) is 0 Å². The van der Waals surface area contributed by atoms with E-state index < -0.39 is 35.2 Å². The number of nitro benzene ring substituents is 1. The van der Waals surface area contributed by atoms with Crippen LogP contribution in [0.2, 0.25) is 0 Å².